The Hall–Kier alpha value is -1.86. The minimum atomic E-state index is -4.46. The summed E-state index contributed by atoms with van der Waals surface area (Å²) in [6, 6.07) is 0. The molecule has 0 aliphatic carbocycles. The van der Waals surface area contributed by atoms with Crippen LogP contribution in [0.5, 0.6) is 0 Å². The van der Waals surface area contributed by atoms with Crippen LogP contribution < -0.4 is 0 Å². The topological polar surface area (TPSA) is 83.0 Å². The molecule has 0 aliphatic heterocycles. The van der Waals surface area contributed by atoms with Gasteiger partial charge in [0.25, 0.3) is 0 Å². The number of carboxylic acid groups (broad SMARTS) is 1. The van der Waals surface area contributed by atoms with E-state index >= 15 is 0 Å². The second kappa shape index (κ2) is 15.0. The van der Waals surface area contributed by atoms with E-state index in [1.807, 2.05) is 0 Å². The number of unbranched alkanes of at least 4 members (excludes halogenated alkanes) is 12. The molecule has 1 rings (SSSR count). The third kappa shape index (κ3) is 13.4. The van der Waals surface area contributed by atoms with E-state index in [1.165, 1.54) is 38.5 Å². The van der Waals surface area contributed by atoms with Crippen molar-refractivity contribution < 1.29 is 27.9 Å². The first-order valence-corrected chi connectivity index (χ1v) is 11.1. The largest absolute Gasteiger partial charge is 0.481 e. The van der Waals surface area contributed by atoms with Crippen molar-refractivity contribution in [2.45, 2.75) is 109 Å². The summed E-state index contributed by atoms with van der Waals surface area (Å²) in [5.74, 6) is -0.716. The van der Waals surface area contributed by atoms with Crippen molar-refractivity contribution >= 4 is 11.8 Å². The highest BCUT2D eigenvalue weighted by molar-refractivity contribution is 5.80. The summed E-state index contributed by atoms with van der Waals surface area (Å²) in [4.78, 5) is 28.0. The number of nitrogens with zero attached hydrogens (tertiary/aromatic N) is 1. The number of hydrogen-bond donors (Lipinski definition) is 2. The van der Waals surface area contributed by atoms with Crippen LogP contribution in [-0.4, -0.2) is 26.8 Å². The first-order valence-electron chi connectivity index (χ1n) is 11.1. The molecule has 0 unspecified atom stereocenters. The zero-order valence-corrected chi connectivity index (χ0v) is 17.7. The van der Waals surface area contributed by atoms with E-state index in [-0.39, 0.29) is 24.4 Å². The molecule has 2 N–H and O–H groups in total. The lowest BCUT2D eigenvalue weighted by molar-refractivity contribution is -0.141. The van der Waals surface area contributed by atoms with Gasteiger partial charge in [-0.3, -0.25) is 9.59 Å². The number of Topliss-reactive ketones (excluding diaryl/α,β-unsaturated/α-hetero) is 1. The van der Waals surface area contributed by atoms with Crippen molar-refractivity contribution in [3.05, 3.63) is 17.7 Å². The van der Waals surface area contributed by atoms with Crippen LogP contribution in [0.2, 0.25) is 0 Å². The maximum Gasteiger partial charge on any atom is 0.432 e. The third-order valence-corrected chi connectivity index (χ3v) is 5.14. The average molecular weight is 433 g/mol. The van der Waals surface area contributed by atoms with E-state index < -0.39 is 17.8 Å². The molecule has 0 aliphatic rings. The lowest BCUT2D eigenvalue weighted by Gasteiger charge is -2.03. The van der Waals surface area contributed by atoms with Crippen molar-refractivity contribution in [1.82, 2.24) is 9.97 Å². The fourth-order valence-corrected chi connectivity index (χ4v) is 3.41. The molecule has 1 aromatic rings. The van der Waals surface area contributed by atoms with E-state index in [1.54, 1.807) is 0 Å². The second-order valence-corrected chi connectivity index (χ2v) is 7.95. The van der Waals surface area contributed by atoms with Gasteiger partial charge in [-0.2, -0.15) is 13.2 Å². The van der Waals surface area contributed by atoms with Gasteiger partial charge in [-0.1, -0.05) is 70.6 Å². The van der Waals surface area contributed by atoms with Gasteiger partial charge in [-0.25, -0.2) is 4.98 Å². The zero-order valence-electron chi connectivity index (χ0n) is 17.7. The maximum absolute atomic E-state index is 12.5. The van der Waals surface area contributed by atoms with Gasteiger partial charge in [-0.05, 0) is 12.8 Å². The number of aliphatic carboxylic acids is 1. The molecule has 0 fully saturated rings. The van der Waals surface area contributed by atoms with Gasteiger partial charge in [0.15, 0.2) is 0 Å². The minimum Gasteiger partial charge on any atom is -0.481 e. The van der Waals surface area contributed by atoms with Gasteiger partial charge in [0.2, 0.25) is 0 Å². The molecule has 1 aromatic heterocycles. The van der Waals surface area contributed by atoms with Crippen LogP contribution in [0.15, 0.2) is 6.20 Å². The lowest BCUT2D eigenvalue weighted by atomic mass is 10.0. The number of carbonyl (C=O) groups is 2. The van der Waals surface area contributed by atoms with Crippen LogP contribution >= 0.6 is 0 Å². The summed E-state index contributed by atoms with van der Waals surface area (Å²) >= 11 is 0. The number of aromatic nitrogens is 2. The Labute approximate surface area is 176 Å². The monoisotopic (exact) mass is 432 g/mol. The van der Waals surface area contributed by atoms with Crippen molar-refractivity contribution in [2.75, 3.05) is 0 Å². The van der Waals surface area contributed by atoms with E-state index in [9.17, 15) is 22.8 Å². The molecule has 8 heteroatoms. The Balaban J connectivity index is 1.88. The standard InChI is InChI=1S/C22H35F3N2O3/c23-22(24,25)19-17-26-20(27-19)16-18(28)14-12-10-8-6-4-2-1-3-5-7-9-11-13-15-21(29)30/h17H,1-16H2,(H,26,27)(H,29,30). The number of imidazole rings is 1. The summed E-state index contributed by atoms with van der Waals surface area (Å²) in [5.41, 5.74) is -0.916. The number of aromatic amines is 1. The van der Waals surface area contributed by atoms with Crippen LogP contribution in [0.3, 0.4) is 0 Å². The average Bonchev–Trinajstić information content (AvgIpc) is 3.13. The Kier molecular flexibility index (Phi) is 13.1. The number of rotatable bonds is 18. The Morgan fingerprint density at radius 1 is 0.800 bits per heavy atom. The van der Waals surface area contributed by atoms with Crippen molar-refractivity contribution in [1.29, 1.82) is 0 Å². The van der Waals surface area contributed by atoms with Gasteiger partial charge in [-0.15, -0.1) is 0 Å². The summed E-state index contributed by atoms with van der Waals surface area (Å²) in [7, 11) is 0. The highest BCUT2D eigenvalue weighted by Gasteiger charge is 2.33. The quantitative estimate of drug-likeness (QED) is 0.260. The highest BCUT2D eigenvalue weighted by Crippen LogP contribution is 2.27. The van der Waals surface area contributed by atoms with E-state index in [2.05, 4.69) is 9.97 Å². The molecule has 1 heterocycles. The number of carbonyl (C=O) groups excluding carboxylic acids is 1. The molecule has 5 nitrogen and oxygen atoms in total. The summed E-state index contributed by atoms with van der Waals surface area (Å²) in [6.07, 6.45) is 11.0. The van der Waals surface area contributed by atoms with Gasteiger partial charge in [0.05, 0.1) is 12.6 Å². The normalized spacial score (nSPS) is 11.7. The van der Waals surface area contributed by atoms with Gasteiger partial charge < -0.3 is 10.1 Å². The van der Waals surface area contributed by atoms with E-state index in [0.717, 1.165) is 51.1 Å². The molecular weight excluding hydrogens is 397 g/mol. The lowest BCUT2D eigenvalue weighted by Crippen LogP contribution is -2.07. The van der Waals surface area contributed by atoms with Gasteiger partial charge in [0.1, 0.15) is 17.3 Å². The molecule has 0 saturated carbocycles. The number of hydrogen-bond acceptors (Lipinski definition) is 3. The van der Waals surface area contributed by atoms with E-state index in [0.29, 0.717) is 6.42 Å². The Morgan fingerprint density at radius 3 is 1.63 bits per heavy atom. The molecule has 0 spiro atoms. The summed E-state index contributed by atoms with van der Waals surface area (Å²) in [5, 5.41) is 8.56. The molecule has 0 bridgehead atoms. The predicted octanol–water partition coefficient (Wildman–Crippen LogP) is 6.48. The van der Waals surface area contributed by atoms with Crippen molar-refractivity contribution in [3.8, 4) is 0 Å². The maximum atomic E-state index is 12.5. The molecule has 0 radical (unpaired) electrons. The number of carboxylic acids is 1. The molecule has 30 heavy (non-hydrogen) atoms. The number of nitrogens with one attached hydrogen (secondary N) is 1. The molecule has 0 amide bonds. The zero-order chi connectivity index (χ0) is 22.2. The molecule has 0 saturated heterocycles. The van der Waals surface area contributed by atoms with Crippen molar-refractivity contribution in [2.24, 2.45) is 0 Å². The van der Waals surface area contributed by atoms with Gasteiger partial charge in [0, 0.05) is 12.8 Å². The first-order chi connectivity index (χ1) is 14.3. The van der Waals surface area contributed by atoms with Gasteiger partial charge >= 0.3 is 12.1 Å². The van der Waals surface area contributed by atoms with Crippen molar-refractivity contribution in [3.63, 3.8) is 0 Å². The molecule has 0 aromatic carbocycles. The predicted molar refractivity (Wildman–Crippen MR) is 109 cm³/mol. The first kappa shape index (κ1) is 26.2. The van der Waals surface area contributed by atoms with Crippen LogP contribution in [0.25, 0.3) is 0 Å². The number of halogens is 3. The summed E-state index contributed by atoms with van der Waals surface area (Å²) < 4.78 is 37.4. The molecule has 172 valence electrons. The molecular formula is C22H35F3N2O3. The highest BCUT2D eigenvalue weighted by atomic mass is 19.4. The Bertz CT molecular complexity index is 615. The number of ketones is 1. The fraction of sp³-hybridized carbons (Fsp3) is 0.773. The SMILES string of the molecule is O=C(O)CCCCCCCCCCCCCCCC(=O)Cc1ncc(C(F)(F)F)[nH]1. The second-order valence-electron chi connectivity index (χ2n) is 7.95. The van der Waals surface area contributed by atoms with Crippen LogP contribution in [0.1, 0.15) is 108 Å². The summed E-state index contributed by atoms with van der Waals surface area (Å²) in [6.45, 7) is 0. The third-order valence-electron chi connectivity index (χ3n) is 5.14. The van der Waals surface area contributed by atoms with E-state index in [4.69, 9.17) is 5.11 Å². The van der Waals surface area contributed by atoms with Crippen LogP contribution in [0, 0.1) is 0 Å². The minimum absolute atomic E-state index is 0.0738. The molecule has 0 atom stereocenters. The van der Waals surface area contributed by atoms with Crippen LogP contribution in [0.4, 0.5) is 13.2 Å². The van der Waals surface area contributed by atoms with Crippen LogP contribution in [-0.2, 0) is 22.2 Å². The Morgan fingerprint density at radius 2 is 1.23 bits per heavy atom. The fourth-order valence-electron chi connectivity index (χ4n) is 3.41. The number of alkyl halides is 3. The smallest absolute Gasteiger partial charge is 0.432 e. The number of H-pyrrole nitrogens is 1.